The summed E-state index contributed by atoms with van der Waals surface area (Å²) in [6.07, 6.45) is 0. The Hall–Kier alpha value is -2.45. The number of nitrogens with one attached hydrogen (secondary N) is 1. The third-order valence-corrected chi connectivity index (χ3v) is 5.39. The Labute approximate surface area is 145 Å². The predicted molar refractivity (Wildman–Crippen MR) is 91.6 cm³/mol. The van der Waals surface area contributed by atoms with Crippen molar-refractivity contribution in [1.29, 1.82) is 0 Å². The van der Waals surface area contributed by atoms with Crippen LogP contribution in [-0.2, 0) is 19.6 Å². The van der Waals surface area contributed by atoms with Gasteiger partial charge in [0.1, 0.15) is 12.4 Å². The van der Waals surface area contributed by atoms with Crippen LogP contribution >= 0.6 is 0 Å². The molecule has 0 atom stereocenters. The number of halogens is 1. The first-order valence-electron chi connectivity index (χ1n) is 7.64. The van der Waals surface area contributed by atoms with E-state index in [1.165, 1.54) is 19.1 Å². The van der Waals surface area contributed by atoms with Crippen molar-refractivity contribution < 1.29 is 22.3 Å². The van der Waals surface area contributed by atoms with Crippen LogP contribution in [0.5, 0.6) is 0 Å². The standard InChI is InChI=1S/C17H17FN2O4S/c1-12-10-13(18)2-7-16(12)25(22,23)19-14-3-5-15(6-4-14)20-8-9-24-11-17(20)21/h2-7,10,19H,8-9,11H2,1H3. The maximum atomic E-state index is 13.2. The average Bonchev–Trinajstić information content (AvgIpc) is 2.55. The molecule has 2 aromatic rings. The van der Waals surface area contributed by atoms with Crippen LogP contribution < -0.4 is 9.62 Å². The smallest absolute Gasteiger partial charge is 0.262 e. The summed E-state index contributed by atoms with van der Waals surface area (Å²) in [5.74, 6) is -0.627. The molecule has 1 aliphatic rings. The molecule has 2 aromatic carbocycles. The number of hydrogen-bond donors (Lipinski definition) is 1. The van der Waals surface area contributed by atoms with Crippen molar-refractivity contribution in [3.05, 3.63) is 53.8 Å². The summed E-state index contributed by atoms with van der Waals surface area (Å²) < 4.78 is 45.6. The minimum Gasteiger partial charge on any atom is -0.370 e. The van der Waals surface area contributed by atoms with Crippen LogP contribution in [0.4, 0.5) is 15.8 Å². The largest absolute Gasteiger partial charge is 0.370 e. The predicted octanol–water partition coefficient (Wildman–Crippen LogP) is 2.30. The summed E-state index contributed by atoms with van der Waals surface area (Å²) in [7, 11) is -3.83. The maximum absolute atomic E-state index is 13.2. The number of ether oxygens (including phenoxy) is 1. The van der Waals surface area contributed by atoms with Gasteiger partial charge in [-0.25, -0.2) is 12.8 Å². The number of rotatable bonds is 4. The van der Waals surface area contributed by atoms with Crippen LogP contribution in [0, 0.1) is 12.7 Å². The highest BCUT2D eigenvalue weighted by Gasteiger charge is 2.21. The van der Waals surface area contributed by atoms with Gasteiger partial charge in [-0.3, -0.25) is 9.52 Å². The molecule has 0 aliphatic carbocycles. The van der Waals surface area contributed by atoms with Gasteiger partial charge in [0.15, 0.2) is 0 Å². The van der Waals surface area contributed by atoms with Crippen molar-refractivity contribution in [2.45, 2.75) is 11.8 Å². The lowest BCUT2D eigenvalue weighted by molar-refractivity contribution is -0.125. The quantitative estimate of drug-likeness (QED) is 0.903. The van der Waals surface area contributed by atoms with Crippen LogP contribution in [0.25, 0.3) is 0 Å². The molecule has 0 unspecified atom stereocenters. The summed E-state index contributed by atoms with van der Waals surface area (Å²) in [6, 6.07) is 9.99. The normalized spacial score (nSPS) is 15.3. The van der Waals surface area contributed by atoms with Gasteiger partial charge in [0.2, 0.25) is 0 Å². The van der Waals surface area contributed by atoms with Crippen molar-refractivity contribution >= 4 is 27.3 Å². The molecule has 1 N–H and O–H groups in total. The molecular formula is C17H17FN2O4S. The molecule has 0 saturated carbocycles. The number of morpholine rings is 1. The van der Waals surface area contributed by atoms with Crippen LogP contribution in [-0.4, -0.2) is 34.1 Å². The monoisotopic (exact) mass is 364 g/mol. The first-order valence-corrected chi connectivity index (χ1v) is 9.12. The second-order valence-corrected chi connectivity index (χ2v) is 7.31. The number of amides is 1. The Morgan fingerprint density at radius 2 is 1.88 bits per heavy atom. The van der Waals surface area contributed by atoms with Gasteiger partial charge < -0.3 is 9.64 Å². The maximum Gasteiger partial charge on any atom is 0.262 e. The average molecular weight is 364 g/mol. The van der Waals surface area contributed by atoms with Crippen molar-refractivity contribution in [2.24, 2.45) is 0 Å². The fourth-order valence-electron chi connectivity index (χ4n) is 2.62. The van der Waals surface area contributed by atoms with Crippen LogP contribution in [0.2, 0.25) is 0 Å². The Morgan fingerprint density at radius 3 is 2.52 bits per heavy atom. The second-order valence-electron chi connectivity index (χ2n) is 5.66. The lowest BCUT2D eigenvalue weighted by Crippen LogP contribution is -2.41. The van der Waals surface area contributed by atoms with E-state index in [0.29, 0.717) is 30.1 Å². The van der Waals surface area contributed by atoms with Gasteiger partial charge in [-0.1, -0.05) is 0 Å². The van der Waals surface area contributed by atoms with Gasteiger partial charge >= 0.3 is 0 Å². The Bertz CT molecular complexity index is 897. The lowest BCUT2D eigenvalue weighted by Gasteiger charge is -2.26. The van der Waals surface area contributed by atoms with Gasteiger partial charge in [-0.2, -0.15) is 0 Å². The number of aryl methyl sites for hydroxylation is 1. The molecule has 1 amide bonds. The van der Waals surface area contributed by atoms with E-state index in [9.17, 15) is 17.6 Å². The molecule has 8 heteroatoms. The first-order chi connectivity index (χ1) is 11.9. The molecule has 1 fully saturated rings. The summed E-state index contributed by atoms with van der Waals surface area (Å²) in [5, 5.41) is 0. The molecule has 0 bridgehead atoms. The highest BCUT2D eigenvalue weighted by molar-refractivity contribution is 7.92. The number of anilines is 2. The van der Waals surface area contributed by atoms with E-state index in [2.05, 4.69) is 4.72 Å². The van der Waals surface area contributed by atoms with Crippen LogP contribution in [0.3, 0.4) is 0 Å². The summed E-state index contributed by atoms with van der Waals surface area (Å²) >= 11 is 0. The van der Waals surface area contributed by atoms with E-state index in [1.807, 2.05) is 0 Å². The van der Waals surface area contributed by atoms with Gasteiger partial charge in [0, 0.05) is 17.9 Å². The minimum atomic E-state index is -3.83. The third-order valence-electron chi connectivity index (χ3n) is 3.84. The molecule has 1 saturated heterocycles. The van der Waals surface area contributed by atoms with E-state index in [0.717, 1.165) is 6.07 Å². The third kappa shape index (κ3) is 3.80. The topological polar surface area (TPSA) is 75.7 Å². The number of hydrogen-bond acceptors (Lipinski definition) is 4. The number of carbonyl (C=O) groups excluding carboxylic acids is 1. The van der Waals surface area contributed by atoms with Crippen molar-refractivity contribution in [3.63, 3.8) is 0 Å². The number of sulfonamides is 1. The number of carbonyl (C=O) groups is 1. The lowest BCUT2D eigenvalue weighted by atomic mass is 10.2. The Kier molecular flexibility index (Phi) is 4.73. The van der Waals surface area contributed by atoms with Gasteiger partial charge in [0.25, 0.3) is 15.9 Å². The molecule has 1 heterocycles. The second kappa shape index (κ2) is 6.81. The van der Waals surface area contributed by atoms with E-state index < -0.39 is 15.8 Å². The Balaban J connectivity index is 1.79. The molecule has 25 heavy (non-hydrogen) atoms. The molecule has 3 rings (SSSR count). The van der Waals surface area contributed by atoms with E-state index >= 15 is 0 Å². The van der Waals surface area contributed by atoms with E-state index in [-0.39, 0.29) is 17.4 Å². The van der Waals surface area contributed by atoms with Crippen molar-refractivity contribution in [1.82, 2.24) is 0 Å². The van der Waals surface area contributed by atoms with Gasteiger partial charge in [0.05, 0.1) is 11.5 Å². The minimum absolute atomic E-state index is 0.0151. The van der Waals surface area contributed by atoms with Gasteiger partial charge in [-0.05, 0) is 55.0 Å². The highest BCUT2D eigenvalue weighted by Crippen LogP contribution is 2.23. The Morgan fingerprint density at radius 1 is 1.16 bits per heavy atom. The van der Waals surface area contributed by atoms with E-state index in [4.69, 9.17) is 4.74 Å². The van der Waals surface area contributed by atoms with E-state index in [1.54, 1.807) is 29.2 Å². The molecule has 0 spiro atoms. The zero-order valence-electron chi connectivity index (χ0n) is 13.5. The zero-order chi connectivity index (χ0) is 18.0. The SMILES string of the molecule is Cc1cc(F)ccc1S(=O)(=O)Nc1ccc(N2CCOCC2=O)cc1. The molecular weight excluding hydrogens is 347 g/mol. The van der Waals surface area contributed by atoms with Crippen molar-refractivity contribution in [3.8, 4) is 0 Å². The summed E-state index contributed by atoms with van der Waals surface area (Å²) in [4.78, 5) is 13.4. The number of nitrogens with zero attached hydrogens (tertiary/aromatic N) is 1. The zero-order valence-corrected chi connectivity index (χ0v) is 14.3. The molecule has 0 aromatic heterocycles. The molecule has 1 aliphatic heterocycles. The van der Waals surface area contributed by atoms with Gasteiger partial charge in [-0.15, -0.1) is 0 Å². The van der Waals surface area contributed by atoms with Crippen LogP contribution in [0.1, 0.15) is 5.56 Å². The molecule has 0 radical (unpaired) electrons. The number of benzene rings is 2. The first kappa shape index (κ1) is 17.4. The summed E-state index contributed by atoms with van der Waals surface area (Å²) in [5.41, 5.74) is 1.35. The highest BCUT2D eigenvalue weighted by atomic mass is 32.2. The fourth-order valence-corrected chi connectivity index (χ4v) is 3.91. The van der Waals surface area contributed by atoms with Crippen molar-refractivity contribution in [2.75, 3.05) is 29.4 Å². The fraction of sp³-hybridized carbons (Fsp3) is 0.235. The van der Waals surface area contributed by atoms with Crippen LogP contribution in [0.15, 0.2) is 47.4 Å². The summed E-state index contributed by atoms with van der Waals surface area (Å²) in [6.45, 7) is 2.49. The molecule has 132 valence electrons. The molecule has 6 nitrogen and oxygen atoms in total.